The summed E-state index contributed by atoms with van der Waals surface area (Å²) < 4.78 is 0. The number of nitrogens with zero attached hydrogens (tertiary/aromatic N) is 4. The van der Waals surface area contributed by atoms with E-state index in [1.165, 1.54) is 23.3 Å². The van der Waals surface area contributed by atoms with E-state index in [1.807, 2.05) is 12.1 Å². The summed E-state index contributed by atoms with van der Waals surface area (Å²) in [5, 5.41) is 0. The number of quaternary nitrogens is 1. The largest absolute Gasteiger partial charge is 0.331 e. The number of amides is 1. The maximum absolute atomic E-state index is 13.2. The predicted molar refractivity (Wildman–Crippen MR) is 109 cm³/mol. The van der Waals surface area contributed by atoms with E-state index in [0.29, 0.717) is 25.0 Å². The molecule has 1 aromatic carbocycles. The summed E-state index contributed by atoms with van der Waals surface area (Å²) in [6.45, 7) is 7.19. The summed E-state index contributed by atoms with van der Waals surface area (Å²) in [4.78, 5) is 27.6. The molecule has 2 heterocycles. The first kappa shape index (κ1) is 18.9. The third-order valence-electron chi connectivity index (χ3n) is 6.02. The third-order valence-corrected chi connectivity index (χ3v) is 6.02. The van der Waals surface area contributed by atoms with E-state index in [1.54, 1.807) is 12.4 Å². The Labute approximate surface area is 167 Å². The highest BCUT2D eigenvalue weighted by molar-refractivity contribution is 5.77. The monoisotopic (exact) mass is 380 g/mol. The fourth-order valence-electron chi connectivity index (χ4n) is 4.04. The molecule has 1 atom stereocenters. The van der Waals surface area contributed by atoms with E-state index in [-0.39, 0.29) is 5.91 Å². The van der Waals surface area contributed by atoms with Crippen LogP contribution in [0.25, 0.3) is 0 Å². The lowest BCUT2D eigenvalue weighted by Crippen LogP contribution is -3.16. The molecular weight excluding hydrogens is 350 g/mol. The second-order valence-corrected chi connectivity index (χ2v) is 8.05. The van der Waals surface area contributed by atoms with E-state index < -0.39 is 0 Å². The van der Waals surface area contributed by atoms with Gasteiger partial charge in [0, 0.05) is 25.0 Å². The van der Waals surface area contributed by atoms with Crippen molar-refractivity contribution < 1.29 is 9.69 Å². The number of aromatic nitrogens is 2. The van der Waals surface area contributed by atoms with Crippen molar-refractivity contribution in [2.24, 2.45) is 5.92 Å². The van der Waals surface area contributed by atoms with Crippen LogP contribution in [-0.4, -0.2) is 59.5 Å². The fraction of sp³-hybridized carbons (Fsp3) is 0.500. The number of anilines is 1. The standard InChI is InChI=1S/C22H29N5O/c1-18(20-8-9-20)27(16-19-6-3-2-4-7-19)21(28)17-25-12-14-26(15-13-25)22-23-10-5-11-24-22/h2-7,10-11,18,20H,8-9,12-17H2,1H3/p+1/t18-/m1/s1. The zero-order valence-corrected chi connectivity index (χ0v) is 16.6. The molecule has 2 aromatic rings. The summed E-state index contributed by atoms with van der Waals surface area (Å²) in [5.41, 5.74) is 1.21. The Hall–Kier alpha value is -2.47. The number of carbonyl (C=O) groups excluding carboxylic acids is 1. The van der Waals surface area contributed by atoms with Crippen molar-refractivity contribution in [3.05, 3.63) is 54.4 Å². The van der Waals surface area contributed by atoms with Gasteiger partial charge in [0.2, 0.25) is 5.95 Å². The van der Waals surface area contributed by atoms with Crippen molar-refractivity contribution in [1.82, 2.24) is 14.9 Å². The highest BCUT2D eigenvalue weighted by Crippen LogP contribution is 2.35. The molecule has 2 aliphatic rings. The van der Waals surface area contributed by atoms with Gasteiger partial charge in [0.15, 0.2) is 6.54 Å². The Kier molecular flexibility index (Phi) is 5.86. The Morgan fingerprint density at radius 3 is 2.46 bits per heavy atom. The Balaban J connectivity index is 1.35. The molecule has 6 heteroatoms. The van der Waals surface area contributed by atoms with Crippen LogP contribution in [0.4, 0.5) is 5.95 Å². The van der Waals surface area contributed by atoms with E-state index in [9.17, 15) is 4.79 Å². The van der Waals surface area contributed by atoms with Crippen LogP contribution >= 0.6 is 0 Å². The molecule has 6 nitrogen and oxygen atoms in total. The maximum Gasteiger partial charge on any atom is 0.278 e. The SMILES string of the molecule is C[C@H](C1CC1)N(Cc1ccccc1)C(=O)C[NH+]1CCN(c2ncccn2)CC1. The second kappa shape index (κ2) is 8.69. The number of piperazine rings is 1. The number of nitrogens with one attached hydrogen (secondary N) is 1. The molecule has 0 bridgehead atoms. The second-order valence-electron chi connectivity index (χ2n) is 8.05. The van der Waals surface area contributed by atoms with Gasteiger partial charge in [-0.05, 0) is 37.3 Å². The first-order valence-electron chi connectivity index (χ1n) is 10.4. The lowest BCUT2D eigenvalue weighted by molar-refractivity contribution is -0.892. The Morgan fingerprint density at radius 1 is 1.14 bits per heavy atom. The minimum atomic E-state index is 0.280. The molecule has 1 saturated heterocycles. The minimum Gasteiger partial charge on any atom is -0.331 e. The molecule has 1 aliphatic heterocycles. The van der Waals surface area contributed by atoms with Gasteiger partial charge in [-0.1, -0.05) is 30.3 Å². The molecule has 1 N–H and O–H groups in total. The van der Waals surface area contributed by atoms with Gasteiger partial charge in [0.1, 0.15) is 0 Å². The number of carbonyl (C=O) groups is 1. The van der Waals surface area contributed by atoms with Crippen LogP contribution in [0.15, 0.2) is 48.8 Å². The first-order chi connectivity index (χ1) is 13.7. The first-order valence-corrected chi connectivity index (χ1v) is 10.4. The fourth-order valence-corrected chi connectivity index (χ4v) is 4.04. The van der Waals surface area contributed by atoms with E-state index in [2.05, 4.69) is 51.0 Å². The third kappa shape index (κ3) is 4.68. The average molecular weight is 381 g/mol. The molecule has 28 heavy (non-hydrogen) atoms. The van der Waals surface area contributed by atoms with Gasteiger partial charge in [0.25, 0.3) is 5.91 Å². The van der Waals surface area contributed by atoms with Crippen molar-refractivity contribution in [3.8, 4) is 0 Å². The molecule has 1 aromatic heterocycles. The molecule has 148 valence electrons. The lowest BCUT2D eigenvalue weighted by Gasteiger charge is -2.34. The minimum absolute atomic E-state index is 0.280. The van der Waals surface area contributed by atoms with Crippen molar-refractivity contribution in [3.63, 3.8) is 0 Å². The predicted octanol–water partition coefficient (Wildman–Crippen LogP) is 1.01. The van der Waals surface area contributed by atoms with Gasteiger partial charge in [-0.15, -0.1) is 0 Å². The number of rotatable bonds is 7. The van der Waals surface area contributed by atoms with Gasteiger partial charge in [0.05, 0.1) is 26.2 Å². The van der Waals surface area contributed by atoms with Crippen molar-refractivity contribution >= 4 is 11.9 Å². The number of benzene rings is 1. The van der Waals surface area contributed by atoms with E-state index in [4.69, 9.17) is 0 Å². The molecule has 0 spiro atoms. The quantitative estimate of drug-likeness (QED) is 0.779. The summed E-state index contributed by atoms with van der Waals surface area (Å²) in [5.74, 6) is 1.75. The molecular formula is C22H30N5O+. The van der Waals surface area contributed by atoms with Crippen LogP contribution < -0.4 is 9.80 Å². The summed E-state index contributed by atoms with van der Waals surface area (Å²) in [7, 11) is 0. The molecule has 1 amide bonds. The lowest BCUT2D eigenvalue weighted by atomic mass is 10.1. The van der Waals surface area contributed by atoms with E-state index in [0.717, 1.165) is 32.1 Å². The zero-order valence-electron chi connectivity index (χ0n) is 16.6. The molecule has 0 radical (unpaired) electrons. The van der Waals surface area contributed by atoms with Crippen LogP contribution in [-0.2, 0) is 11.3 Å². The van der Waals surface area contributed by atoms with Crippen LogP contribution in [0.3, 0.4) is 0 Å². The van der Waals surface area contributed by atoms with E-state index >= 15 is 0 Å². The zero-order chi connectivity index (χ0) is 19.3. The molecule has 2 fully saturated rings. The number of hydrogen-bond donors (Lipinski definition) is 1. The van der Waals surface area contributed by atoms with Crippen molar-refractivity contribution in [2.45, 2.75) is 32.4 Å². The van der Waals surface area contributed by atoms with Crippen LogP contribution in [0.5, 0.6) is 0 Å². The highest BCUT2D eigenvalue weighted by atomic mass is 16.2. The molecule has 0 unspecified atom stereocenters. The summed E-state index contributed by atoms with van der Waals surface area (Å²) in [6, 6.07) is 12.5. The number of hydrogen-bond acceptors (Lipinski definition) is 4. The molecule has 4 rings (SSSR count). The average Bonchev–Trinajstić information content (AvgIpc) is 3.59. The van der Waals surface area contributed by atoms with Gasteiger partial charge in [-0.25, -0.2) is 9.97 Å². The van der Waals surface area contributed by atoms with Crippen LogP contribution in [0.2, 0.25) is 0 Å². The smallest absolute Gasteiger partial charge is 0.278 e. The topological polar surface area (TPSA) is 53.8 Å². The van der Waals surface area contributed by atoms with Crippen LogP contribution in [0.1, 0.15) is 25.3 Å². The van der Waals surface area contributed by atoms with Crippen molar-refractivity contribution in [1.29, 1.82) is 0 Å². The molecule has 1 aliphatic carbocycles. The summed E-state index contributed by atoms with van der Waals surface area (Å²) >= 11 is 0. The normalized spacial score (nSPS) is 18.7. The Bertz CT molecular complexity index is 757. The molecule has 1 saturated carbocycles. The van der Waals surface area contributed by atoms with Crippen LogP contribution in [0, 0.1) is 5.92 Å². The summed E-state index contributed by atoms with van der Waals surface area (Å²) in [6.07, 6.45) is 6.07. The Morgan fingerprint density at radius 2 is 1.82 bits per heavy atom. The van der Waals surface area contributed by atoms with Gasteiger partial charge >= 0.3 is 0 Å². The van der Waals surface area contributed by atoms with Crippen molar-refractivity contribution in [2.75, 3.05) is 37.6 Å². The van der Waals surface area contributed by atoms with Gasteiger partial charge in [-0.3, -0.25) is 4.79 Å². The maximum atomic E-state index is 13.2. The van der Waals surface area contributed by atoms with Gasteiger partial charge in [-0.2, -0.15) is 0 Å². The highest BCUT2D eigenvalue weighted by Gasteiger charge is 2.35. The van der Waals surface area contributed by atoms with Gasteiger partial charge < -0.3 is 14.7 Å².